The van der Waals surface area contributed by atoms with E-state index in [1.54, 1.807) is 6.92 Å². The predicted octanol–water partition coefficient (Wildman–Crippen LogP) is -0.646. The summed E-state index contributed by atoms with van der Waals surface area (Å²) < 4.78 is 0. The van der Waals surface area contributed by atoms with E-state index < -0.39 is 30.4 Å². The molecule has 0 saturated heterocycles. The maximum absolute atomic E-state index is 9.85. The summed E-state index contributed by atoms with van der Waals surface area (Å²) in [6.45, 7) is 1.60. The fraction of sp³-hybridized carbons (Fsp3) is 0.571. The van der Waals surface area contributed by atoms with Crippen molar-refractivity contribution < 1.29 is 29.7 Å². The number of nitrogens with two attached hydrogens (primary N) is 1. The molecule has 0 bridgehead atoms. The summed E-state index contributed by atoms with van der Waals surface area (Å²) >= 11 is 0. The van der Waals surface area contributed by atoms with Gasteiger partial charge in [-0.05, 0) is 0 Å². The van der Waals surface area contributed by atoms with Crippen LogP contribution in [0.25, 0.3) is 0 Å². The summed E-state index contributed by atoms with van der Waals surface area (Å²) in [4.78, 5) is 29.0. The van der Waals surface area contributed by atoms with E-state index in [9.17, 15) is 14.4 Å². The Morgan fingerprint density at radius 2 is 1.50 bits per heavy atom. The molecule has 0 radical (unpaired) electrons. The molecule has 7 heteroatoms. The van der Waals surface area contributed by atoms with Crippen LogP contribution in [-0.2, 0) is 14.4 Å². The van der Waals surface area contributed by atoms with Crippen molar-refractivity contribution in [1.29, 1.82) is 0 Å². The molecule has 5 N–H and O–H groups in total. The van der Waals surface area contributed by atoms with Crippen LogP contribution in [-0.4, -0.2) is 39.3 Å². The van der Waals surface area contributed by atoms with E-state index in [1.807, 2.05) is 0 Å². The van der Waals surface area contributed by atoms with Crippen molar-refractivity contribution in [3.8, 4) is 0 Å². The molecule has 0 aromatic carbocycles. The van der Waals surface area contributed by atoms with Gasteiger partial charge in [0.15, 0.2) is 0 Å². The largest absolute Gasteiger partial charge is 0.481 e. The summed E-state index contributed by atoms with van der Waals surface area (Å²) in [5, 5.41) is 23.8. The monoisotopic (exact) mass is 207 g/mol. The van der Waals surface area contributed by atoms with Gasteiger partial charge >= 0.3 is 17.9 Å². The molecule has 0 aromatic heterocycles. The zero-order chi connectivity index (χ0) is 11.7. The highest BCUT2D eigenvalue weighted by Gasteiger charge is 2.14. The van der Waals surface area contributed by atoms with Gasteiger partial charge in [0, 0.05) is 6.42 Å². The van der Waals surface area contributed by atoms with Crippen molar-refractivity contribution in [2.45, 2.75) is 25.8 Å². The minimum absolute atomic E-state index is 0.222. The Morgan fingerprint density at radius 3 is 1.57 bits per heavy atom. The summed E-state index contributed by atoms with van der Waals surface area (Å²) in [7, 11) is 0. The quantitative estimate of drug-likeness (QED) is 0.480. The molecule has 0 aliphatic heterocycles. The van der Waals surface area contributed by atoms with E-state index in [4.69, 9.17) is 21.1 Å². The molecule has 0 unspecified atom stereocenters. The van der Waals surface area contributed by atoms with Gasteiger partial charge < -0.3 is 21.1 Å². The minimum atomic E-state index is -1.29. The van der Waals surface area contributed by atoms with Crippen LogP contribution in [0.15, 0.2) is 0 Å². The Morgan fingerprint density at radius 1 is 1.14 bits per heavy atom. The molecule has 0 saturated carbocycles. The molecule has 82 valence electrons. The Balaban J connectivity index is 0. The van der Waals surface area contributed by atoms with Gasteiger partial charge in [-0.15, -0.1) is 0 Å². The average Bonchev–Trinajstić information content (AvgIpc) is 2.04. The van der Waals surface area contributed by atoms with Crippen molar-refractivity contribution in [3.05, 3.63) is 0 Å². The molecule has 0 rings (SSSR count). The molecule has 0 aliphatic carbocycles. The maximum atomic E-state index is 9.85. The molecule has 1 atom stereocenters. The number of carbonyl (C=O) groups is 3. The average molecular weight is 207 g/mol. The summed E-state index contributed by atoms with van der Waals surface area (Å²) in [5.74, 6) is -3.24. The molecule has 7 nitrogen and oxygen atoms in total. The highest BCUT2D eigenvalue weighted by atomic mass is 16.4. The summed E-state index contributed by atoms with van der Waals surface area (Å²) in [5.41, 5.74) is 4.84. The SMILES string of the molecule is CCC(=O)O.N[C@@H](CC(=O)O)C(=O)O. The van der Waals surface area contributed by atoms with Crippen LogP contribution in [0, 0.1) is 0 Å². The van der Waals surface area contributed by atoms with Gasteiger partial charge in [0.2, 0.25) is 0 Å². The normalized spacial score (nSPS) is 10.7. The second-order valence-corrected chi connectivity index (χ2v) is 2.29. The van der Waals surface area contributed by atoms with Gasteiger partial charge in [-0.1, -0.05) is 6.92 Å². The summed E-state index contributed by atoms with van der Waals surface area (Å²) in [6, 6.07) is -1.29. The van der Waals surface area contributed by atoms with Crippen LogP contribution >= 0.6 is 0 Å². The standard InChI is InChI=1S/C4H7NO4.C3H6O2/c5-2(4(8)9)1-3(6)7;1-2-3(4)5/h2H,1,5H2,(H,6,7)(H,8,9);2H2,1H3,(H,4,5)/t2-;/m0./s1. The Hall–Kier alpha value is -1.63. The van der Waals surface area contributed by atoms with Crippen LogP contribution in [0.4, 0.5) is 0 Å². The number of aliphatic carboxylic acids is 3. The highest BCUT2D eigenvalue weighted by Crippen LogP contribution is 1.86. The first-order chi connectivity index (χ1) is 6.31. The van der Waals surface area contributed by atoms with Crippen LogP contribution in [0.5, 0.6) is 0 Å². The van der Waals surface area contributed by atoms with Gasteiger partial charge in [-0.3, -0.25) is 14.4 Å². The lowest BCUT2D eigenvalue weighted by Gasteiger charge is -1.99. The first-order valence-corrected chi connectivity index (χ1v) is 3.73. The second kappa shape index (κ2) is 7.99. The van der Waals surface area contributed by atoms with Crippen molar-refractivity contribution in [1.82, 2.24) is 0 Å². The molecule has 0 aromatic rings. The molecule has 0 fully saturated rings. The van der Waals surface area contributed by atoms with E-state index in [2.05, 4.69) is 0 Å². The Bertz CT molecular complexity index is 214. The third kappa shape index (κ3) is 13.0. The topological polar surface area (TPSA) is 138 Å². The van der Waals surface area contributed by atoms with Gasteiger partial charge in [0.25, 0.3) is 0 Å². The molecule has 14 heavy (non-hydrogen) atoms. The van der Waals surface area contributed by atoms with Gasteiger partial charge in [0.1, 0.15) is 6.04 Å². The lowest BCUT2D eigenvalue weighted by atomic mass is 10.2. The van der Waals surface area contributed by atoms with E-state index in [0.29, 0.717) is 0 Å². The minimum Gasteiger partial charge on any atom is -0.481 e. The zero-order valence-corrected chi connectivity index (χ0v) is 7.64. The number of carboxylic acid groups (broad SMARTS) is 3. The maximum Gasteiger partial charge on any atom is 0.321 e. The van der Waals surface area contributed by atoms with Crippen molar-refractivity contribution in [2.24, 2.45) is 5.73 Å². The van der Waals surface area contributed by atoms with E-state index in [-0.39, 0.29) is 6.42 Å². The summed E-state index contributed by atoms with van der Waals surface area (Å²) in [6.07, 6.45) is -0.310. The molecular weight excluding hydrogens is 194 g/mol. The van der Waals surface area contributed by atoms with E-state index >= 15 is 0 Å². The fourth-order valence-corrected chi connectivity index (χ4v) is 0.275. The van der Waals surface area contributed by atoms with Crippen LogP contribution in [0.3, 0.4) is 0 Å². The van der Waals surface area contributed by atoms with Gasteiger partial charge in [-0.2, -0.15) is 0 Å². The molecule has 0 spiro atoms. The molecule has 0 amide bonds. The highest BCUT2D eigenvalue weighted by molar-refractivity contribution is 5.80. The van der Waals surface area contributed by atoms with Crippen LogP contribution in [0.1, 0.15) is 19.8 Å². The number of hydrogen-bond donors (Lipinski definition) is 4. The fourth-order valence-electron chi connectivity index (χ4n) is 0.275. The second-order valence-electron chi connectivity index (χ2n) is 2.29. The number of carboxylic acids is 3. The van der Waals surface area contributed by atoms with Crippen LogP contribution < -0.4 is 5.73 Å². The lowest BCUT2D eigenvalue weighted by Crippen LogP contribution is -2.32. The van der Waals surface area contributed by atoms with Crippen molar-refractivity contribution >= 4 is 17.9 Å². The predicted molar refractivity (Wildman–Crippen MR) is 45.8 cm³/mol. The van der Waals surface area contributed by atoms with Gasteiger partial charge in [0.05, 0.1) is 6.42 Å². The smallest absolute Gasteiger partial charge is 0.321 e. The van der Waals surface area contributed by atoms with E-state index in [1.165, 1.54) is 0 Å². The molecular formula is C7H13NO6. The number of hydrogen-bond acceptors (Lipinski definition) is 4. The third-order valence-corrected chi connectivity index (χ3v) is 1.01. The third-order valence-electron chi connectivity index (χ3n) is 1.01. The van der Waals surface area contributed by atoms with Crippen LogP contribution in [0.2, 0.25) is 0 Å². The first kappa shape index (κ1) is 14.9. The van der Waals surface area contributed by atoms with Crippen molar-refractivity contribution in [2.75, 3.05) is 0 Å². The molecule has 0 aliphatic rings. The van der Waals surface area contributed by atoms with E-state index in [0.717, 1.165) is 0 Å². The lowest BCUT2D eigenvalue weighted by molar-refractivity contribution is -0.144. The molecule has 0 heterocycles. The number of rotatable bonds is 4. The van der Waals surface area contributed by atoms with Crippen molar-refractivity contribution in [3.63, 3.8) is 0 Å². The Labute approximate surface area is 80.1 Å². The van der Waals surface area contributed by atoms with Gasteiger partial charge in [-0.25, -0.2) is 0 Å². The zero-order valence-electron chi connectivity index (χ0n) is 7.64. The Kier molecular flexibility index (Phi) is 8.49. The first-order valence-electron chi connectivity index (χ1n) is 3.73.